The number of nitrogens with zero attached hydrogens (tertiary/aromatic N) is 2. The van der Waals surface area contributed by atoms with Gasteiger partial charge in [-0.3, -0.25) is 0 Å². The molecule has 0 spiro atoms. The Morgan fingerprint density at radius 1 is 1.64 bits per heavy atom. The van der Waals surface area contributed by atoms with Gasteiger partial charge in [0.25, 0.3) is 0 Å². The molecule has 0 heterocycles. The average molecular weight is 154 g/mol. The van der Waals surface area contributed by atoms with Crippen molar-refractivity contribution in [2.75, 3.05) is 0 Å². The fraction of sp³-hybridized carbons (Fsp3) is 0.571. The van der Waals surface area contributed by atoms with E-state index in [1.807, 2.05) is 6.07 Å². The van der Waals surface area contributed by atoms with E-state index in [1.165, 1.54) is 6.92 Å². The van der Waals surface area contributed by atoms with E-state index in [-0.39, 0.29) is 0 Å². The normalized spacial score (nSPS) is 10.5. The summed E-state index contributed by atoms with van der Waals surface area (Å²) in [6.07, 6.45) is 0.945. The Kier molecular flexibility index (Phi) is 4.74. The zero-order valence-electron chi connectivity index (χ0n) is 6.63. The Morgan fingerprint density at radius 2 is 2.27 bits per heavy atom. The molecular weight excluding hydrogens is 144 g/mol. The SMILES string of the molecule is CC(=O)O/N=C(\C)CCC#N. The number of oxime groups is 1. The predicted molar refractivity (Wildman–Crippen MR) is 39.7 cm³/mol. The monoisotopic (exact) mass is 154 g/mol. The zero-order valence-corrected chi connectivity index (χ0v) is 6.63. The smallest absolute Gasteiger partial charge is 0.319 e. The van der Waals surface area contributed by atoms with E-state index < -0.39 is 5.97 Å². The predicted octanol–water partition coefficient (Wildman–Crippen LogP) is 1.23. The van der Waals surface area contributed by atoms with Crippen LogP contribution in [0, 0.1) is 11.3 Å². The molecule has 0 aromatic carbocycles. The van der Waals surface area contributed by atoms with Crippen LogP contribution in [0.15, 0.2) is 5.16 Å². The molecule has 0 aromatic rings. The summed E-state index contributed by atoms with van der Waals surface area (Å²) in [5.41, 5.74) is 0.654. The van der Waals surface area contributed by atoms with Gasteiger partial charge in [0, 0.05) is 19.8 Å². The lowest BCUT2D eigenvalue weighted by Crippen LogP contribution is -1.96. The Morgan fingerprint density at radius 3 is 2.73 bits per heavy atom. The van der Waals surface area contributed by atoms with Gasteiger partial charge in [0.15, 0.2) is 0 Å². The van der Waals surface area contributed by atoms with Crippen LogP contribution in [-0.2, 0) is 9.63 Å². The van der Waals surface area contributed by atoms with Crippen LogP contribution >= 0.6 is 0 Å². The number of hydrogen-bond acceptors (Lipinski definition) is 4. The summed E-state index contributed by atoms with van der Waals surface area (Å²) in [7, 11) is 0. The molecule has 4 nitrogen and oxygen atoms in total. The minimum atomic E-state index is -0.443. The summed E-state index contributed by atoms with van der Waals surface area (Å²) in [5.74, 6) is -0.443. The van der Waals surface area contributed by atoms with Crippen LogP contribution in [0.25, 0.3) is 0 Å². The molecule has 0 unspecified atom stereocenters. The van der Waals surface area contributed by atoms with Gasteiger partial charge in [0.1, 0.15) is 0 Å². The zero-order chi connectivity index (χ0) is 8.69. The molecule has 0 aliphatic carbocycles. The van der Waals surface area contributed by atoms with Crippen LogP contribution in [-0.4, -0.2) is 11.7 Å². The molecule has 0 rings (SSSR count). The molecule has 0 bridgehead atoms. The first-order valence-corrected chi connectivity index (χ1v) is 3.25. The lowest BCUT2D eigenvalue weighted by molar-refractivity contribution is -0.140. The summed E-state index contributed by atoms with van der Waals surface area (Å²) < 4.78 is 0. The number of carbonyl (C=O) groups excluding carboxylic acids is 1. The maximum atomic E-state index is 10.2. The highest BCUT2D eigenvalue weighted by Crippen LogP contribution is 1.92. The van der Waals surface area contributed by atoms with Crippen molar-refractivity contribution in [3.63, 3.8) is 0 Å². The number of nitriles is 1. The molecule has 60 valence electrons. The molecule has 0 saturated heterocycles. The van der Waals surface area contributed by atoms with Crippen LogP contribution in [0.4, 0.5) is 0 Å². The fourth-order valence-corrected chi connectivity index (χ4v) is 0.425. The second kappa shape index (κ2) is 5.42. The lowest BCUT2D eigenvalue weighted by atomic mass is 10.2. The molecular formula is C7H10N2O2. The van der Waals surface area contributed by atoms with Gasteiger partial charge in [-0.2, -0.15) is 5.26 Å². The van der Waals surface area contributed by atoms with E-state index in [1.54, 1.807) is 6.92 Å². The van der Waals surface area contributed by atoms with Crippen LogP contribution in [0.2, 0.25) is 0 Å². The van der Waals surface area contributed by atoms with Gasteiger partial charge in [0.05, 0.1) is 11.8 Å². The Balaban J connectivity index is 3.64. The standard InChI is InChI=1S/C7H10N2O2/c1-6(4-3-5-8)9-11-7(2)10/h3-4H2,1-2H3/b9-6+. The molecule has 0 fully saturated rings. The molecule has 0 aliphatic heterocycles. The van der Waals surface area contributed by atoms with Crippen molar-refractivity contribution < 1.29 is 9.63 Å². The van der Waals surface area contributed by atoms with Crippen molar-refractivity contribution in [3.8, 4) is 6.07 Å². The summed E-state index contributed by atoms with van der Waals surface area (Å²) in [5, 5.41) is 11.7. The Hall–Kier alpha value is -1.37. The topological polar surface area (TPSA) is 62.4 Å². The highest BCUT2D eigenvalue weighted by Gasteiger charge is 1.93. The van der Waals surface area contributed by atoms with E-state index in [0.29, 0.717) is 18.6 Å². The van der Waals surface area contributed by atoms with Crippen LogP contribution < -0.4 is 0 Å². The maximum Gasteiger partial charge on any atom is 0.331 e. The van der Waals surface area contributed by atoms with Gasteiger partial charge in [-0.05, 0) is 6.92 Å². The molecule has 0 N–H and O–H groups in total. The molecule has 0 atom stereocenters. The van der Waals surface area contributed by atoms with Crippen LogP contribution in [0.5, 0.6) is 0 Å². The number of hydrogen-bond donors (Lipinski definition) is 0. The van der Waals surface area contributed by atoms with Gasteiger partial charge >= 0.3 is 5.97 Å². The minimum absolute atomic E-state index is 0.399. The summed E-state index contributed by atoms with van der Waals surface area (Å²) in [4.78, 5) is 14.6. The first-order valence-electron chi connectivity index (χ1n) is 3.25. The maximum absolute atomic E-state index is 10.2. The second-order valence-electron chi connectivity index (χ2n) is 2.07. The second-order valence-corrected chi connectivity index (χ2v) is 2.07. The molecule has 0 aromatic heterocycles. The molecule has 4 heteroatoms. The fourth-order valence-electron chi connectivity index (χ4n) is 0.425. The quantitative estimate of drug-likeness (QED) is 0.349. The molecule has 0 amide bonds. The average Bonchev–Trinajstić information content (AvgIpc) is 1.97. The van der Waals surface area contributed by atoms with Crippen molar-refractivity contribution in [2.24, 2.45) is 5.16 Å². The van der Waals surface area contributed by atoms with E-state index in [2.05, 4.69) is 9.99 Å². The Bertz CT molecular complexity index is 203. The first-order chi connectivity index (χ1) is 5.16. The Labute approximate surface area is 65.4 Å². The van der Waals surface area contributed by atoms with Gasteiger partial charge in [0.2, 0.25) is 0 Å². The lowest BCUT2D eigenvalue weighted by Gasteiger charge is -1.93. The third-order valence-electron chi connectivity index (χ3n) is 0.929. The third-order valence-corrected chi connectivity index (χ3v) is 0.929. The van der Waals surface area contributed by atoms with Crippen LogP contribution in [0.1, 0.15) is 26.7 Å². The highest BCUT2D eigenvalue weighted by molar-refractivity contribution is 5.82. The van der Waals surface area contributed by atoms with Gasteiger partial charge in [-0.25, -0.2) is 4.79 Å². The first kappa shape index (κ1) is 9.63. The van der Waals surface area contributed by atoms with Crippen molar-refractivity contribution in [3.05, 3.63) is 0 Å². The highest BCUT2D eigenvalue weighted by atomic mass is 16.7. The summed E-state index contributed by atoms with van der Waals surface area (Å²) >= 11 is 0. The van der Waals surface area contributed by atoms with Crippen LogP contribution in [0.3, 0.4) is 0 Å². The van der Waals surface area contributed by atoms with E-state index in [9.17, 15) is 4.79 Å². The number of rotatable bonds is 3. The largest absolute Gasteiger partial charge is 0.331 e. The van der Waals surface area contributed by atoms with E-state index >= 15 is 0 Å². The van der Waals surface area contributed by atoms with Crippen molar-refractivity contribution >= 4 is 11.7 Å². The van der Waals surface area contributed by atoms with Gasteiger partial charge in [-0.15, -0.1) is 0 Å². The van der Waals surface area contributed by atoms with Gasteiger partial charge in [-0.1, -0.05) is 5.16 Å². The van der Waals surface area contributed by atoms with Crippen molar-refractivity contribution in [2.45, 2.75) is 26.7 Å². The summed E-state index contributed by atoms with van der Waals surface area (Å²) in [6, 6.07) is 1.96. The van der Waals surface area contributed by atoms with Gasteiger partial charge < -0.3 is 4.84 Å². The molecule has 0 radical (unpaired) electrons. The third kappa shape index (κ3) is 6.52. The number of carbonyl (C=O) groups is 1. The van der Waals surface area contributed by atoms with E-state index in [4.69, 9.17) is 5.26 Å². The molecule has 11 heavy (non-hydrogen) atoms. The summed E-state index contributed by atoms with van der Waals surface area (Å²) in [6.45, 7) is 2.99. The molecule has 0 aliphatic rings. The minimum Gasteiger partial charge on any atom is -0.319 e. The van der Waals surface area contributed by atoms with E-state index in [0.717, 1.165) is 0 Å². The van der Waals surface area contributed by atoms with Crippen molar-refractivity contribution in [1.29, 1.82) is 5.26 Å². The molecule has 0 saturated carbocycles. The van der Waals surface area contributed by atoms with Crippen molar-refractivity contribution in [1.82, 2.24) is 0 Å².